The fourth-order valence-corrected chi connectivity index (χ4v) is 5.30. The Kier molecular flexibility index (Phi) is 2.81. The minimum absolute atomic E-state index is 0.00808. The second-order valence-corrected chi connectivity index (χ2v) is 8.66. The van der Waals surface area contributed by atoms with Gasteiger partial charge in [-0.05, 0) is 43.2 Å². The molecule has 3 aliphatic rings. The fourth-order valence-electron chi connectivity index (χ4n) is 5.30. The summed E-state index contributed by atoms with van der Waals surface area (Å²) in [5.74, 6) is 0.610. The van der Waals surface area contributed by atoms with Crippen molar-refractivity contribution in [3.63, 3.8) is 0 Å². The van der Waals surface area contributed by atoms with Gasteiger partial charge in [0.25, 0.3) is 0 Å². The lowest BCUT2D eigenvalue weighted by Gasteiger charge is -2.53. The summed E-state index contributed by atoms with van der Waals surface area (Å²) in [5.41, 5.74) is 0.860. The van der Waals surface area contributed by atoms with Gasteiger partial charge in [-0.2, -0.15) is 0 Å². The van der Waals surface area contributed by atoms with Crippen molar-refractivity contribution >= 4 is 0 Å². The molecule has 0 aromatic heterocycles. The molecule has 1 fully saturated rings. The predicted octanol–water partition coefficient (Wildman–Crippen LogP) is 3.65. The molecule has 0 amide bonds. The molecule has 1 heterocycles. The van der Waals surface area contributed by atoms with Crippen LogP contribution < -0.4 is 4.74 Å². The molecule has 0 bridgehead atoms. The first-order valence-electron chi connectivity index (χ1n) is 8.50. The maximum Gasteiger partial charge on any atom is 0.205 e. The summed E-state index contributed by atoms with van der Waals surface area (Å²) in [4.78, 5) is 0. The van der Waals surface area contributed by atoms with E-state index in [0.717, 1.165) is 29.7 Å². The smallest absolute Gasteiger partial charge is 0.205 e. The third-order valence-electron chi connectivity index (χ3n) is 6.25. The third-order valence-corrected chi connectivity index (χ3v) is 6.25. The number of aromatic hydroxyl groups is 1. The number of rotatable bonds is 0. The molecule has 2 N–H and O–H groups in total. The molecule has 4 atom stereocenters. The minimum atomic E-state index is -0.763. The molecule has 23 heavy (non-hydrogen) atoms. The van der Waals surface area contributed by atoms with E-state index in [9.17, 15) is 10.2 Å². The van der Waals surface area contributed by atoms with Gasteiger partial charge in [-0.3, -0.25) is 0 Å². The highest BCUT2D eigenvalue weighted by molar-refractivity contribution is 5.56. The average molecular weight is 318 g/mol. The van der Waals surface area contributed by atoms with Crippen molar-refractivity contribution in [1.82, 2.24) is 0 Å². The Hall–Kier alpha value is -1.26. The summed E-state index contributed by atoms with van der Waals surface area (Å²) in [6.45, 7) is 10.1. The summed E-state index contributed by atoms with van der Waals surface area (Å²) < 4.78 is 12.3. The zero-order chi connectivity index (χ0) is 16.8. The van der Waals surface area contributed by atoms with Crippen LogP contribution in [0.2, 0.25) is 0 Å². The van der Waals surface area contributed by atoms with Crippen LogP contribution in [0.15, 0.2) is 12.1 Å². The van der Waals surface area contributed by atoms with Crippen LogP contribution in [0.4, 0.5) is 0 Å². The van der Waals surface area contributed by atoms with Crippen molar-refractivity contribution in [3.05, 3.63) is 23.3 Å². The number of fused-ring (bicyclic) bond motifs is 2. The highest BCUT2D eigenvalue weighted by atomic mass is 16.7. The first kappa shape index (κ1) is 15.3. The van der Waals surface area contributed by atoms with Crippen LogP contribution in [0.1, 0.15) is 64.7 Å². The number of ether oxygens (including phenoxy) is 2. The lowest BCUT2D eigenvalue weighted by molar-refractivity contribution is -0.242. The van der Waals surface area contributed by atoms with Crippen LogP contribution in [0.5, 0.6) is 11.5 Å². The van der Waals surface area contributed by atoms with Crippen molar-refractivity contribution in [3.8, 4) is 11.5 Å². The Labute approximate surface area is 137 Å². The zero-order valence-electron chi connectivity index (χ0n) is 14.5. The molecule has 0 saturated heterocycles. The fraction of sp³-hybridized carbons (Fsp3) is 0.684. The number of hydrogen-bond donors (Lipinski definition) is 2. The molecule has 1 saturated carbocycles. The van der Waals surface area contributed by atoms with Gasteiger partial charge in [-0.1, -0.05) is 13.8 Å². The molecule has 126 valence electrons. The van der Waals surface area contributed by atoms with Gasteiger partial charge in [0, 0.05) is 30.9 Å². The molecule has 1 aliphatic heterocycles. The van der Waals surface area contributed by atoms with E-state index in [0.29, 0.717) is 5.75 Å². The number of aliphatic hydroxyl groups is 1. The molecule has 0 spiro atoms. The molecule has 0 radical (unpaired) electrons. The van der Waals surface area contributed by atoms with E-state index in [-0.39, 0.29) is 23.4 Å². The van der Waals surface area contributed by atoms with Gasteiger partial charge in [0.2, 0.25) is 5.79 Å². The van der Waals surface area contributed by atoms with Crippen LogP contribution in [-0.4, -0.2) is 21.6 Å². The van der Waals surface area contributed by atoms with Gasteiger partial charge in [-0.25, -0.2) is 0 Å². The standard InChI is InChI=1S/C19H26O4/c1-17(2)10-8-9-19(5,21)14(10)16-13-12(22-18(3,4)23-16)7-6-11(20)15(13)17/h6-7,10,14,16,20-21H,8-9H2,1-5H3/t10-,14-,16-,19-/m1/s1. The maximum absolute atomic E-state index is 11.0. The van der Waals surface area contributed by atoms with Crippen LogP contribution in [0.25, 0.3) is 0 Å². The lowest BCUT2D eigenvalue weighted by Crippen LogP contribution is -2.52. The summed E-state index contributed by atoms with van der Waals surface area (Å²) in [5, 5.41) is 21.6. The summed E-state index contributed by atoms with van der Waals surface area (Å²) in [7, 11) is 0. The summed E-state index contributed by atoms with van der Waals surface area (Å²) in [6, 6.07) is 3.55. The SMILES string of the molecule is CC1(C)Oc2ccc(O)c3c2[C@@H](O1)[C@H]1[C@@H](CC[C@@]1(C)O)C3(C)C. The van der Waals surface area contributed by atoms with Crippen molar-refractivity contribution in [2.24, 2.45) is 11.8 Å². The monoisotopic (exact) mass is 318 g/mol. The minimum Gasteiger partial charge on any atom is -0.508 e. The lowest BCUT2D eigenvalue weighted by atomic mass is 9.58. The van der Waals surface area contributed by atoms with Crippen molar-refractivity contribution in [2.75, 3.05) is 0 Å². The second kappa shape index (κ2) is 4.22. The largest absolute Gasteiger partial charge is 0.508 e. The second-order valence-electron chi connectivity index (χ2n) is 8.66. The Morgan fingerprint density at radius 2 is 1.83 bits per heavy atom. The maximum atomic E-state index is 11.0. The van der Waals surface area contributed by atoms with E-state index < -0.39 is 11.4 Å². The Morgan fingerprint density at radius 1 is 1.13 bits per heavy atom. The Balaban J connectivity index is 2.02. The van der Waals surface area contributed by atoms with Crippen LogP contribution >= 0.6 is 0 Å². The van der Waals surface area contributed by atoms with E-state index in [2.05, 4.69) is 13.8 Å². The van der Waals surface area contributed by atoms with E-state index >= 15 is 0 Å². The van der Waals surface area contributed by atoms with E-state index in [1.54, 1.807) is 6.07 Å². The van der Waals surface area contributed by atoms with Crippen LogP contribution in [0.3, 0.4) is 0 Å². The molecule has 0 unspecified atom stereocenters. The van der Waals surface area contributed by atoms with Crippen LogP contribution in [0, 0.1) is 11.8 Å². The van der Waals surface area contributed by atoms with Gasteiger partial charge in [0.1, 0.15) is 11.5 Å². The van der Waals surface area contributed by atoms with Gasteiger partial charge in [-0.15, -0.1) is 0 Å². The normalized spacial score (nSPS) is 39.3. The van der Waals surface area contributed by atoms with E-state index in [4.69, 9.17) is 9.47 Å². The van der Waals surface area contributed by atoms with Crippen molar-refractivity contribution < 1.29 is 19.7 Å². The number of benzene rings is 1. The van der Waals surface area contributed by atoms with Crippen molar-refractivity contribution in [1.29, 1.82) is 0 Å². The van der Waals surface area contributed by atoms with Crippen LogP contribution in [-0.2, 0) is 10.2 Å². The first-order chi connectivity index (χ1) is 10.5. The third kappa shape index (κ3) is 1.91. The predicted molar refractivity (Wildman–Crippen MR) is 86.5 cm³/mol. The summed E-state index contributed by atoms with van der Waals surface area (Å²) in [6.07, 6.45) is 1.46. The van der Waals surface area contributed by atoms with E-state index in [1.807, 2.05) is 26.8 Å². The average Bonchev–Trinajstić information content (AvgIpc) is 2.73. The topological polar surface area (TPSA) is 58.9 Å². The van der Waals surface area contributed by atoms with Gasteiger partial charge in [0.15, 0.2) is 0 Å². The van der Waals surface area contributed by atoms with Crippen molar-refractivity contribution in [2.45, 2.75) is 70.4 Å². The molecular formula is C19H26O4. The molecule has 4 rings (SSSR count). The number of hydrogen-bond acceptors (Lipinski definition) is 4. The molecule has 4 nitrogen and oxygen atoms in total. The number of phenols is 1. The highest BCUT2D eigenvalue weighted by Gasteiger charge is 2.61. The molecular weight excluding hydrogens is 292 g/mol. The molecule has 1 aromatic rings. The quantitative estimate of drug-likeness (QED) is 0.766. The first-order valence-corrected chi connectivity index (χ1v) is 8.50. The molecule has 2 aliphatic carbocycles. The molecule has 1 aromatic carbocycles. The Bertz CT molecular complexity index is 674. The van der Waals surface area contributed by atoms with Gasteiger partial charge >= 0.3 is 0 Å². The summed E-state index contributed by atoms with van der Waals surface area (Å²) >= 11 is 0. The molecule has 4 heteroatoms. The number of phenolic OH excluding ortho intramolecular Hbond substituents is 1. The van der Waals surface area contributed by atoms with E-state index in [1.165, 1.54) is 0 Å². The van der Waals surface area contributed by atoms with Gasteiger partial charge < -0.3 is 19.7 Å². The van der Waals surface area contributed by atoms with Gasteiger partial charge in [0.05, 0.1) is 11.7 Å². The zero-order valence-corrected chi connectivity index (χ0v) is 14.5. The highest BCUT2D eigenvalue weighted by Crippen LogP contribution is 2.64. The Morgan fingerprint density at radius 3 is 2.52 bits per heavy atom.